The largest absolute Gasteiger partial charge is 1.00 e. The summed E-state index contributed by atoms with van der Waals surface area (Å²) in [6.07, 6.45) is 3.67. The molecule has 0 aliphatic heterocycles. The third kappa shape index (κ3) is 1.19. The van der Waals surface area contributed by atoms with Gasteiger partial charge in [0.15, 0.2) is 11.8 Å². The molecule has 0 saturated carbocycles. The second kappa shape index (κ2) is 2.88. The first-order chi connectivity index (χ1) is 4.88. The van der Waals surface area contributed by atoms with Crippen molar-refractivity contribution in [1.29, 1.82) is 0 Å². The molecule has 0 bridgehead atoms. The number of hydrogen-bond acceptors (Lipinski definition) is 1. The van der Waals surface area contributed by atoms with Gasteiger partial charge in [-0.15, -0.1) is 4.98 Å². The Hall–Kier alpha value is -1.09. The Morgan fingerprint density at radius 1 is 1.55 bits per heavy atom. The molecule has 0 saturated heterocycles. The van der Waals surface area contributed by atoms with Crippen molar-refractivity contribution in [3.05, 3.63) is 24.7 Å². The van der Waals surface area contributed by atoms with Gasteiger partial charge in [-0.2, -0.15) is 0 Å². The van der Waals surface area contributed by atoms with Crippen LogP contribution in [0, 0.1) is 0 Å². The Bertz CT molecular complexity index is 355. The molecule has 0 spiro atoms. The van der Waals surface area contributed by atoms with E-state index in [0.717, 1.165) is 11.2 Å². The van der Waals surface area contributed by atoms with E-state index in [1.165, 1.54) is 0 Å². The predicted molar refractivity (Wildman–Crippen MR) is 37.3 cm³/mol. The molecule has 2 rings (SSSR count). The van der Waals surface area contributed by atoms with Gasteiger partial charge in [0, 0.05) is 0 Å². The third-order valence-corrected chi connectivity index (χ3v) is 1.53. The second-order valence-corrected chi connectivity index (χ2v) is 2.26. The van der Waals surface area contributed by atoms with E-state index in [0.29, 0.717) is 0 Å². The van der Waals surface area contributed by atoms with Gasteiger partial charge in [0.1, 0.15) is 6.20 Å². The molecule has 2 aromatic heterocycles. The lowest BCUT2D eigenvalue weighted by Crippen LogP contribution is -3.00. The van der Waals surface area contributed by atoms with Gasteiger partial charge in [-0.05, 0) is 12.1 Å². The van der Waals surface area contributed by atoms with Crippen LogP contribution in [0.4, 0.5) is 0 Å². The lowest BCUT2D eigenvalue weighted by atomic mass is 10.4. The van der Waals surface area contributed by atoms with Crippen LogP contribution in [0.1, 0.15) is 0 Å². The van der Waals surface area contributed by atoms with Gasteiger partial charge in [-0.1, -0.05) is 0 Å². The standard InChI is InChI=1S/C7H7N3.ClH/c1-10-5-9-6-3-2-4-8-7(6)10;/h2-5H,1H3;1H. The minimum atomic E-state index is 0. The molecule has 0 atom stereocenters. The molecule has 4 heteroatoms. The minimum absolute atomic E-state index is 0. The first-order valence-corrected chi connectivity index (χ1v) is 3.15. The van der Waals surface area contributed by atoms with Gasteiger partial charge in [0.2, 0.25) is 0 Å². The van der Waals surface area contributed by atoms with Crippen LogP contribution in [0.2, 0.25) is 0 Å². The van der Waals surface area contributed by atoms with Crippen LogP contribution < -0.4 is 17.0 Å². The van der Waals surface area contributed by atoms with Crippen molar-refractivity contribution in [3.63, 3.8) is 0 Å². The minimum Gasteiger partial charge on any atom is -1.00 e. The van der Waals surface area contributed by atoms with E-state index in [-0.39, 0.29) is 12.4 Å². The number of aryl methyl sites for hydroxylation is 1. The summed E-state index contributed by atoms with van der Waals surface area (Å²) in [5.74, 6) is 0. The van der Waals surface area contributed by atoms with Crippen LogP contribution in [-0.4, -0.2) is 9.97 Å². The van der Waals surface area contributed by atoms with E-state index in [2.05, 4.69) is 9.97 Å². The number of fused-ring (bicyclic) bond motifs is 1. The van der Waals surface area contributed by atoms with E-state index in [1.807, 2.05) is 30.1 Å². The number of pyridine rings is 1. The van der Waals surface area contributed by atoms with Crippen molar-refractivity contribution in [2.24, 2.45) is 7.05 Å². The normalized spacial score (nSPS) is 9.55. The van der Waals surface area contributed by atoms with E-state index in [4.69, 9.17) is 0 Å². The predicted octanol–water partition coefficient (Wildman–Crippen LogP) is -2.61. The Morgan fingerprint density at radius 3 is 3.09 bits per heavy atom. The first-order valence-electron chi connectivity index (χ1n) is 3.15. The average molecular weight is 170 g/mol. The number of aromatic amines is 1. The van der Waals surface area contributed by atoms with Gasteiger partial charge in [0.25, 0.3) is 0 Å². The zero-order valence-corrected chi connectivity index (χ0v) is 6.84. The molecule has 0 radical (unpaired) electrons. The fourth-order valence-electron chi connectivity index (χ4n) is 1.02. The number of imidazole rings is 1. The maximum Gasteiger partial charge on any atom is 0.301 e. The highest BCUT2D eigenvalue weighted by atomic mass is 35.5. The summed E-state index contributed by atoms with van der Waals surface area (Å²) in [4.78, 5) is 7.26. The molecule has 3 nitrogen and oxygen atoms in total. The summed E-state index contributed by atoms with van der Waals surface area (Å²) in [5.41, 5.74) is 2.06. The summed E-state index contributed by atoms with van der Waals surface area (Å²) in [6, 6.07) is 3.92. The van der Waals surface area contributed by atoms with Crippen LogP contribution in [0.5, 0.6) is 0 Å². The molecule has 0 aliphatic carbocycles. The third-order valence-electron chi connectivity index (χ3n) is 1.53. The number of halogens is 1. The van der Waals surface area contributed by atoms with E-state index in [9.17, 15) is 0 Å². The highest BCUT2D eigenvalue weighted by Gasteiger charge is 2.03. The number of rotatable bonds is 0. The molecule has 0 amide bonds. The van der Waals surface area contributed by atoms with Crippen molar-refractivity contribution in [2.75, 3.05) is 0 Å². The molecule has 11 heavy (non-hydrogen) atoms. The number of nitrogens with zero attached hydrogens (tertiary/aromatic N) is 2. The summed E-state index contributed by atoms with van der Waals surface area (Å²) in [6.45, 7) is 0. The Labute approximate surface area is 70.5 Å². The van der Waals surface area contributed by atoms with Crippen molar-refractivity contribution < 1.29 is 17.0 Å². The first kappa shape index (κ1) is 8.01. The Kier molecular flexibility index (Phi) is 2.10. The molecule has 2 aromatic rings. The molecule has 0 unspecified atom stereocenters. The number of H-pyrrole nitrogens is 1. The van der Waals surface area contributed by atoms with E-state index in [1.54, 1.807) is 6.20 Å². The molecule has 1 N–H and O–H groups in total. The average Bonchev–Trinajstić information content (AvgIpc) is 2.34. The van der Waals surface area contributed by atoms with Crippen molar-refractivity contribution in [2.45, 2.75) is 0 Å². The van der Waals surface area contributed by atoms with Crippen LogP contribution in [0.25, 0.3) is 11.2 Å². The fraction of sp³-hybridized carbons (Fsp3) is 0.143. The number of hydrogen-bond donors (Lipinski definition) is 1. The Morgan fingerprint density at radius 2 is 2.36 bits per heavy atom. The topological polar surface area (TPSA) is 32.6 Å². The quantitative estimate of drug-likeness (QED) is 0.431. The summed E-state index contributed by atoms with van der Waals surface area (Å²) < 4.78 is 1.95. The molecule has 0 aromatic carbocycles. The number of aromatic nitrogens is 3. The monoisotopic (exact) mass is 169 g/mol. The lowest BCUT2D eigenvalue weighted by Gasteiger charge is -1.80. The van der Waals surface area contributed by atoms with Gasteiger partial charge in [-0.25, -0.2) is 4.57 Å². The van der Waals surface area contributed by atoms with Crippen molar-refractivity contribution in [3.8, 4) is 0 Å². The second-order valence-electron chi connectivity index (χ2n) is 2.26. The molecular weight excluding hydrogens is 162 g/mol. The van der Waals surface area contributed by atoms with Crippen LogP contribution >= 0.6 is 0 Å². The van der Waals surface area contributed by atoms with Gasteiger partial charge in [0.05, 0.1) is 7.05 Å². The molecule has 2 heterocycles. The van der Waals surface area contributed by atoms with E-state index < -0.39 is 0 Å². The SMILES string of the molecule is C[n+]1c[nH]c2cccnc21.[Cl-]. The van der Waals surface area contributed by atoms with Crippen LogP contribution in [0.3, 0.4) is 0 Å². The van der Waals surface area contributed by atoms with Crippen LogP contribution in [0.15, 0.2) is 24.7 Å². The van der Waals surface area contributed by atoms with Gasteiger partial charge < -0.3 is 12.4 Å². The molecule has 58 valence electrons. The lowest BCUT2D eigenvalue weighted by molar-refractivity contribution is -0.646. The maximum atomic E-state index is 4.17. The van der Waals surface area contributed by atoms with Crippen molar-refractivity contribution in [1.82, 2.24) is 9.97 Å². The Balaban J connectivity index is 0.000000605. The zero-order valence-electron chi connectivity index (χ0n) is 6.08. The van der Waals surface area contributed by atoms with Gasteiger partial charge in [-0.3, -0.25) is 4.98 Å². The molecular formula is C7H8ClN3. The van der Waals surface area contributed by atoms with Crippen molar-refractivity contribution >= 4 is 11.2 Å². The zero-order chi connectivity index (χ0) is 6.97. The van der Waals surface area contributed by atoms with Gasteiger partial charge >= 0.3 is 5.65 Å². The highest BCUT2D eigenvalue weighted by Crippen LogP contribution is 1.99. The molecule has 0 aliphatic rings. The van der Waals surface area contributed by atoms with E-state index >= 15 is 0 Å². The molecule has 0 fully saturated rings. The highest BCUT2D eigenvalue weighted by molar-refractivity contribution is 5.65. The smallest absolute Gasteiger partial charge is 0.301 e. The maximum absolute atomic E-state index is 4.17. The summed E-state index contributed by atoms with van der Waals surface area (Å²) >= 11 is 0. The summed E-state index contributed by atoms with van der Waals surface area (Å²) in [5, 5.41) is 0. The van der Waals surface area contributed by atoms with Crippen LogP contribution in [-0.2, 0) is 7.05 Å². The number of nitrogens with one attached hydrogen (secondary N) is 1. The summed E-state index contributed by atoms with van der Waals surface area (Å²) in [7, 11) is 1.96. The fourth-order valence-corrected chi connectivity index (χ4v) is 1.02.